The smallest absolute Gasteiger partial charge is 0.338 e. The summed E-state index contributed by atoms with van der Waals surface area (Å²) >= 11 is 0. The van der Waals surface area contributed by atoms with Gasteiger partial charge in [0, 0.05) is 18.1 Å². The molecule has 4 rings (SSSR count). The van der Waals surface area contributed by atoms with Crippen LogP contribution >= 0.6 is 0 Å². The largest absolute Gasteiger partial charge is 0.748 e. The molecule has 0 saturated carbocycles. The SMILES string of the molecule is O=C(OCCCS(=O)(=O)[O-])c1ccc(-c2cc(-c3ccccn3)nc(-c3ccccn3)c2)cc1. The summed E-state index contributed by atoms with van der Waals surface area (Å²) in [6, 6.07) is 21.9. The zero-order valence-corrected chi connectivity index (χ0v) is 18.8. The Bertz CT molecular complexity index is 1320. The predicted molar refractivity (Wildman–Crippen MR) is 126 cm³/mol. The Labute approximate surface area is 197 Å². The number of ether oxygens (including phenoxy) is 1. The van der Waals surface area contributed by atoms with E-state index in [1.54, 1.807) is 36.7 Å². The summed E-state index contributed by atoms with van der Waals surface area (Å²) in [6.07, 6.45) is 3.37. The fraction of sp³-hybridized carbons (Fsp3) is 0.120. The van der Waals surface area contributed by atoms with Crippen LogP contribution in [0, 0.1) is 0 Å². The van der Waals surface area contributed by atoms with Crippen LogP contribution < -0.4 is 0 Å². The molecule has 0 spiro atoms. The predicted octanol–water partition coefficient (Wildman–Crippen LogP) is 3.96. The molecular weight excluding hydrogens is 454 g/mol. The summed E-state index contributed by atoms with van der Waals surface area (Å²) in [4.78, 5) is 25.8. The molecule has 1 aromatic carbocycles. The van der Waals surface area contributed by atoms with Crippen molar-refractivity contribution in [2.75, 3.05) is 12.4 Å². The maximum absolute atomic E-state index is 12.2. The molecule has 34 heavy (non-hydrogen) atoms. The molecule has 3 heterocycles. The topological polar surface area (TPSA) is 122 Å². The van der Waals surface area contributed by atoms with Crippen molar-refractivity contribution in [2.45, 2.75) is 6.42 Å². The van der Waals surface area contributed by atoms with Crippen LogP contribution in [-0.4, -0.2) is 46.3 Å². The highest BCUT2D eigenvalue weighted by Crippen LogP contribution is 2.29. The van der Waals surface area contributed by atoms with E-state index in [9.17, 15) is 17.8 Å². The van der Waals surface area contributed by atoms with E-state index in [0.29, 0.717) is 17.0 Å². The second-order valence-electron chi connectivity index (χ2n) is 7.38. The summed E-state index contributed by atoms with van der Waals surface area (Å²) in [5.41, 5.74) is 4.87. The molecule has 4 aromatic rings. The van der Waals surface area contributed by atoms with E-state index in [0.717, 1.165) is 22.5 Å². The van der Waals surface area contributed by atoms with Crippen molar-refractivity contribution >= 4 is 16.1 Å². The van der Waals surface area contributed by atoms with Gasteiger partial charge in [-0.2, -0.15) is 0 Å². The Morgan fingerprint density at radius 2 is 1.38 bits per heavy atom. The summed E-state index contributed by atoms with van der Waals surface area (Å²) in [6.45, 7) is -0.146. The molecule has 0 bridgehead atoms. The molecule has 0 saturated heterocycles. The lowest BCUT2D eigenvalue weighted by Crippen LogP contribution is -2.11. The number of nitrogens with zero attached hydrogens (tertiary/aromatic N) is 3. The molecule has 0 unspecified atom stereocenters. The molecule has 8 nitrogen and oxygen atoms in total. The van der Waals surface area contributed by atoms with Crippen LogP contribution in [0.25, 0.3) is 33.9 Å². The lowest BCUT2D eigenvalue weighted by molar-refractivity contribution is 0.0505. The van der Waals surface area contributed by atoms with Crippen LogP contribution in [0.2, 0.25) is 0 Å². The van der Waals surface area contributed by atoms with Gasteiger partial charge in [0.05, 0.1) is 45.1 Å². The average Bonchev–Trinajstić information content (AvgIpc) is 2.87. The van der Waals surface area contributed by atoms with Crippen LogP contribution in [0.4, 0.5) is 0 Å². The number of hydrogen-bond donors (Lipinski definition) is 0. The van der Waals surface area contributed by atoms with E-state index in [1.165, 1.54) is 0 Å². The average molecular weight is 475 g/mol. The van der Waals surface area contributed by atoms with Gasteiger partial charge in [-0.15, -0.1) is 0 Å². The van der Waals surface area contributed by atoms with Crippen molar-refractivity contribution in [1.82, 2.24) is 15.0 Å². The highest BCUT2D eigenvalue weighted by Gasteiger charge is 2.12. The molecule has 0 aliphatic carbocycles. The molecule has 172 valence electrons. The summed E-state index contributed by atoms with van der Waals surface area (Å²) in [7, 11) is -4.33. The lowest BCUT2D eigenvalue weighted by atomic mass is 10.0. The third-order valence-corrected chi connectivity index (χ3v) is 5.69. The van der Waals surface area contributed by atoms with Crippen molar-refractivity contribution in [1.29, 1.82) is 0 Å². The number of carbonyl (C=O) groups excluding carboxylic acids is 1. The molecule has 0 fully saturated rings. The number of esters is 1. The van der Waals surface area contributed by atoms with Crippen LogP contribution in [-0.2, 0) is 14.9 Å². The fourth-order valence-electron chi connectivity index (χ4n) is 3.27. The first kappa shape index (κ1) is 23.2. The first-order chi connectivity index (χ1) is 16.4. The van der Waals surface area contributed by atoms with Gasteiger partial charge < -0.3 is 9.29 Å². The standard InChI is InChI=1S/C25H21N3O5S/c29-25(33-14-5-15-34(30,31)32)19-10-8-18(9-11-19)20-16-23(21-6-1-3-12-26-21)28-24(17-20)22-7-2-4-13-27-22/h1-4,6-13,16-17H,5,14-15H2,(H,30,31,32)/p-1. The van der Waals surface area contributed by atoms with Crippen LogP contribution in [0.1, 0.15) is 16.8 Å². The second-order valence-corrected chi connectivity index (χ2v) is 8.91. The Kier molecular flexibility index (Phi) is 7.05. The van der Waals surface area contributed by atoms with Gasteiger partial charge in [0.25, 0.3) is 0 Å². The van der Waals surface area contributed by atoms with Gasteiger partial charge in [-0.05, 0) is 66.1 Å². The van der Waals surface area contributed by atoms with Crippen LogP contribution in [0.15, 0.2) is 85.2 Å². The Hall–Kier alpha value is -3.95. The quantitative estimate of drug-likeness (QED) is 0.214. The zero-order chi connectivity index (χ0) is 24.0. The molecule has 0 atom stereocenters. The minimum Gasteiger partial charge on any atom is -0.748 e. The number of aromatic nitrogens is 3. The van der Waals surface area contributed by atoms with Gasteiger partial charge in [0.2, 0.25) is 0 Å². The normalized spacial score (nSPS) is 11.2. The maximum atomic E-state index is 12.2. The molecule has 0 radical (unpaired) electrons. The van der Waals surface area contributed by atoms with Gasteiger partial charge in [0.1, 0.15) is 0 Å². The molecular formula is C25H20N3O5S-. The number of benzene rings is 1. The van der Waals surface area contributed by atoms with E-state index in [2.05, 4.69) is 9.97 Å². The maximum Gasteiger partial charge on any atom is 0.338 e. The van der Waals surface area contributed by atoms with Gasteiger partial charge in [-0.25, -0.2) is 18.2 Å². The lowest BCUT2D eigenvalue weighted by Gasteiger charge is -2.10. The van der Waals surface area contributed by atoms with Crippen LogP contribution in [0.5, 0.6) is 0 Å². The minimum atomic E-state index is -4.33. The number of pyridine rings is 3. The molecule has 0 amide bonds. The summed E-state index contributed by atoms with van der Waals surface area (Å²) < 4.78 is 37.0. The summed E-state index contributed by atoms with van der Waals surface area (Å²) in [5.74, 6) is -1.16. The third kappa shape index (κ3) is 6.09. The van der Waals surface area contributed by atoms with Gasteiger partial charge in [-0.3, -0.25) is 9.97 Å². The second kappa shape index (κ2) is 10.3. The first-order valence-corrected chi connectivity index (χ1v) is 12.0. The van der Waals surface area contributed by atoms with E-state index in [-0.39, 0.29) is 13.0 Å². The van der Waals surface area contributed by atoms with E-state index in [4.69, 9.17) is 9.72 Å². The zero-order valence-electron chi connectivity index (χ0n) is 18.0. The summed E-state index contributed by atoms with van der Waals surface area (Å²) in [5, 5.41) is 0. The van der Waals surface area contributed by atoms with E-state index < -0.39 is 21.8 Å². The number of rotatable bonds is 8. The fourth-order valence-corrected chi connectivity index (χ4v) is 3.74. The van der Waals surface area contributed by atoms with Crippen molar-refractivity contribution < 1.29 is 22.5 Å². The minimum absolute atomic E-state index is 0.0424. The first-order valence-electron chi connectivity index (χ1n) is 10.4. The van der Waals surface area contributed by atoms with Crippen molar-refractivity contribution in [2.24, 2.45) is 0 Å². The highest BCUT2D eigenvalue weighted by molar-refractivity contribution is 7.85. The molecule has 0 aliphatic rings. The molecule has 0 aliphatic heterocycles. The van der Waals surface area contributed by atoms with Gasteiger partial charge in [-0.1, -0.05) is 24.3 Å². The monoisotopic (exact) mass is 474 g/mol. The van der Waals surface area contributed by atoms with Crippen molar-refractivity contribution in [3.05, 3.63) is 90.8 Å². The Morgan fingerprint density at radius 3 is 1.88 bits per heavy atom. The van der Waals surface area contributed by atoms with E-state index in [1.807, 2.05) is 48.5 Å². The van der Waals surface area contributed by atoms with Crippen molar-refractivity contribution in [3.8, 4) is 33.9 Å². The Balaban J connectivity index is 1.59. The van der Waals surface area contributed by atoms with Crippen molar-refractivity contribution in [3.63, 3.8) is 0 Å². The van der Waals surface area contributed by atoms with Gasteiger partial charge >= 0.3 is 5.97 Å². The molecule has 0 N–H and O–H groups in total. The third-order valence-electron chi connectivity index (χ3n) is 4.91. The van der Waals surface area contributed by atoms with E-state index >= 15 is 0 Å². The van der Waals surface area contributed by atoms with Gasteiger partial charge in [0.15, 0.2) is 0 Å². The number of carbonyl (C=O) groups is 1. The highest BCUT2D eigenvalue weighted by atomic mass is 32.2. The number of hydrogen-bond acceptors (Lipinski definition) is 8. The Morgan fingerprint density at radius 1 is 0.794 bits per heavy atom. The van der Waals surface area contributed by atoms with Crippen LogP contribution in [0.3, 0.4) is 0 Å². The molecule has 9 heteroatoms. The molecule has 3 aromatic heterocycles.